The summed E-state index contributed by atoms with van der Waals surface area (Å²) in [4.78, 5) is 22.5. The van der Waals surface area contributed by atoms with E-state index >= 15 is 0 Å². The number of aromatic nitrogens is 4. The molecule has 2 unspecified atom stereocenters. The molecule has 0 bridgehead atoms. The first-order valence-corrected chi connectivity index (χ1v) is 12.0. The van der Waals surface area contributed by atoms with Gasteiger partial charge in [-0.2, -0.15) is 4.98 Å². The number of halogens is 1. The summed E-state index contributed by atoms with van der Waals surface area (Å²) in [6.07, 6.45) is 6.07. The number of fused-ring (bicyclic) bond motifs is 1. The molecule has 9 heteroatoms. The van der Waals surface area contributed by atoms with E-state index in [2.05, 4.69) is 52.0 Å². The zero-order valence-electron chi connectivity index (χ0n) is 20.2. The Bertz CT molecular complexity index is 1200. The van der Waals surface area contributed by atoms with Gasteiger partial charge in [-0.3, -0.25) is 0 Å². The van der Waals surface area contributed by atoms with Gasteiger partial charge in [-0.05, 0) is 55.7 Å². The highest BCUT2D eigenvalue weighted by molar-refractivity contribution is 5.96. The van der Waals surface area contributed by atoms with Gasteiger partial charge in [0.2, 0.25) is 5.95 Å². The topological polar surface area (TPSA) is 90.3 Å². The summed E-state index contributed by atoms with van der Waals surface area (Å²) in [5.74, 6) is 3.01. The maximum atomic E-state index is 14.7. The number of aliphatic hydroxyl groups excluding tert-OH is 1. The smallest absolute Gasteiger partial charge is 0.227 e. The molecule has 3 aromatic rings. The normalized spacial score (nSPS) is 25.0. The van der Waals surface area contributed by atoms with Gasteiger partial charge in [0, 0.05) is 43.1 Å². The molecule has 5 heterocycles. The van der Waals surface area contributed by atoms with Gasteiger partial charge in [0.05, 0.1) is 12.6 Å². The van der Waals surface area contributed by atoms with Crippen LogP contribution in [0.4, 0.5) is 27.8 Å². The summed E-state index contributed by atoms with van der Waals surface area (Å²) < 4.78 is 14.7. The number of nitrogens with zero attached hydrogens (tertiary/aromatic N) is 6. The lowest BCUT2D eigenvalue weighted by atomic mass is 9.94. The number of hydrogen-bond acceptors (Lipinski definition) is 8. The van der Waals surface area contributed by atoms with Crippen LogP contribution in [0.25, 0.3) is 10.8 Å². The summed E-state index contributed by atoms with van der Waals surface area (Å²) in [5.41, 5.74) is -0.521. The van der Waals surface area contributed by atoms with Crippen LogP contribution in [-0.2, 0) is 0 Å². The van der Waals surface area contributed by atoms with E-state index in [4.69, 9.17) is 4.98 Å². The first-order valence-electron chi connectivity index (χ1n) is 12.0. The second-order valence-electron chi connectivity index (χ2n) is 10.0. The molecule has 2 aliphatic heterocycles. The molecule has 2 fully saturated rings. The lowest BCUT2D eigenvalue weighted by Gasteiger charge is -2.40. The van der Waals surface area contributed by atoms with E-state index in [0.717, 1.165) is 23.1 Å². The molecule has 2 N–H and O–H groups in total. The van der Waals surface area contributed by atoms with Crippen molar-refractivity contribution in [2.75, 3.05) is 34.8 Å². The number of hydrogen-bond donors (Lipinski definition) is 2. The third kappa shape index (κ3) is 4.13. The molecule has 8 nitrogen and oxygen atoms in total. The number of rotatable bonds is 5. The Morgan fingerprint density at radius 1 is 1.12 bits per heavy atom. The van der Waals surface area contributed by atoms with Crippen molar-refractivity contribution in [3.8, 4) is 0 Å². The van der Waals surface area contributed by atoms with Crippen LogP contribution in [0.5, 0.6) is 0 Å². The van der Waals surface area contributed by atoms with Crippen molar-refractivity contribution in [3.05, 3.63) is 36.3 Å². The molecule has 34 heavy (non-hydrogen) atoms. The summed E-state index contributed by atoms with van der Waals surface area (Å²) in [6, 6.07) is 4.31. The lowest BCUT2D eigenvalue weighted by molar-refractivity contribution is -0.00860. The number of pyridine rings is 2. The fourth-order valence-corrected chi connectivity index (χ4v) is 4.74. The monoisotopic (exact) mass is 465 g/mol. The molecular formula is C25H32FN7O. The van der Waals surface area contributed by atoms with Crippen molar-refractivity contribution in [1.29, 1.82) is 0 Å². The number of nitrogens with one attached hydrogen (secondary N) is 1. The average Bonchev–Trinajstić information content (AvgIpc) is 2.79. The maximum Gasteiger partial charge on any atom is 0.227 e. The van der Waals surface area contributed by atoms with E-state index < -0.39 is 11.8 Å². The average molecular weight is 466 g/mol. The fourth-order valence-electron chi connectivity index (χ4n) is 4.74. The fraction of sp³-hybridized carbons (Fsp3) is 0.520. The molecule has 0 amide bonds. The second kappa shape index (κ2) is 8.61. The lowest BCUT2D eigenvalue weighted by Crippen LogP contribution is -2.52. The maximum absolute atomic E-state index is 14.7. The minimum atomic E-state index is -1.70. The van der Waals surface area contributed by atoms with Crippen LogP contribution in [-0.4, -0.2) is 62.5 Å². The second-order valence-corrected chi connectivity index (χ2v) is 10.0. The predicted octanol–water partition coefficient (Wildman–Crippen LogP) is 4.18. The molecule has 180 valence electrons. The number of piperidine rings is 1. The van der Waals surface area contributed by atoms with Crippen LogP contribution >= 0.6 is 0 Å². The van der Waals surface area contributed by atoms with E-state index in [9.17, 15) is 9.50 Å². The van der Waals surface area contributed by atoms with Crippen molar-refractivity contribution in [2.45, 2.75) is 64.3 Å². The van der Waals surface area contributed by atoms with Gasteiger partial charge in [-0.15, -0.1) is 0 Å². The van der Waals surface area contributed by atoms with Crippen molar-refractivity contribution in [2.24, 2.45) is 0 Å². The Labute approximate surface area is 199 Å². The van der Waals surface area contributed by atoms with E-state index in [0.29, 0.717) is 42.5 Å². The van der Waals surface area contributed by atoms with Crippen LogP contribution in [0.2, 0.25) is 0 Å². The third-order valence-electron chi connectivity index (χ3n) is 7.04. The highest BCUT2D eigenvalue weighted by Gasteiger charge is 2.39. The standard InChI is InChI=1S/C25H32FN7O/c1-15(2)18-12-29-23(33-10-6-16(33)3)19-13-28-22(11-17(18)19)30-21-5-8-27-24(31-21)32-9-7-20(34)25(4,26)14-32/h5,8,11-13,15-16,20,34H,6-7,9-10,14H2,1-4H3,(H,27,28,30,31)/t16?,20?,25-/m1/s1. The Kier molecular flexibility index (Phi) is 5.75. The van der Waals surface area contributed by atoms with Gasteiger partial charge in [-0.1, -0.05) is 13.8 Å². The van der Waals surface area contributed by atoms with E-state index in [1.165, 1.54) is 18.9 Å². The Hall–Kier alpha value is -3.07. The Morgan fingerprint density at radius 3 is 2.62 bits per heavy atom. The zero-order chi connectivity index (χ0) is 24.0. The summed E-state index contributed by atoms with van der Waals surface area (Å²) in [6.45, 7) is 9.54. The minimum absolute atomic E-state index is 0.0499. The largest absolute Gasteiger partial charge is 0.390 e. The number of aliphatic hydroxyl groups is 1. The molecule has 0 radical (unpaired) electrons. The highest BCUT2D eigenvalue weighted by atomic mass is 19.1. The predicted molar refractivity (Wildman–Crippen MR) is 133 cm³/mol. The van der Waals surface area contributed by atoms with Crippen LogP contribution in [0.15, 0.2) is 30.7 Å². The Morgan fingerprint density at radius 2 is 1.94 bits per heavy atom. The molecule has 2 saturated heterocycles. The van der Waals surface area contributed by atoms with Crippen molar-refractivity contribution in [3.63, 3.8) is 0 Å². The van der Waals surface area contributed by atoms with E-state index in [1.807, 2.05) is 12.4 Å². The van der Waals surface area contributed by atoms with Crippen molar-refractivity contribution < 1.29 is 9.50 Å². The number of anilines is 4. The van der Waals surface area contributed by atoms with Crippen molar-refractivity contribution >= 4 is 34.2 Å². The quantitative estimate of drug-likeness (QED) is 0.580. The molecule has 3 aromatic heterocycles. The summed E-state index contributed by atoms with van der Waals surface area (Å²) in [5, 5.41) is 15.4. The molecule has 0 spiro atoms. The van der Waals surface area contributed by atoms with Gasteiger partial charge >= 0.3 is 0 Å². The van der Waals surface area contributed by atoms with Crippen LogP contribution in [0, 0.1) is 0 Å². The molecule has 0 aromatic carbocycles. The minimum Gasteiger partial charge on any atom is -0.390 e. The van der Waals surface area contributed by atoms with Crippen LogP contribution < -0.4 is 15.1 Å². The SMILES string of the molecule is CC(C)c1cnc(N2CCC2C)c2cnc(Nc3ccnc(N4CCC(O)[C@](C)(F)C4)n3)cc12. The molecule has 3 atom stereocenters. The molecular weight excluding hydrogens is 433 g/mol. The first kappa shape index (κ1) is 22.7. The van der Waals surface area contributed by atoms with Gasteiger partial charge in [0.15, 0.2) is 5.67 Å². The van der Waals surface area contributed by atoms with E-state index in [-0.39, 0.29) is 6.54 Å². The highest BCUT2D eigenvalue weighted by Crippen LogP contribution is 2.36. The summed E-state index contributed by atoms with van der Waals surface area (Å²) >= 11 is 0. The number of alkyl halides is 1. The van der Waals surface area contributed by atoms with Gasteiger partial charge in [-0.25, -0.2) is 19.3 Å². The molecule has 0 aliphatic carbocycles. The summed E-state index contributed by atoms with van der Waals surface area (Å²) in [7, 11) is 0. The zero-order valence-corrected chi connectivity index (χ0v) is 20.2. The van der Waals surface area contributed by atoms with Gasteiger partial charge in [0.1, 0.15) is 17.5 Å². The van der Waals surface area contributed by atoms with Crippen molar-refractivity contribution in [1.82, 2.24) is 19.9 Å². The van der Waals surface area contributed by atoms with Crippen LogP contribution in [0.1, 0.15) is 52.0 Å². The molecule has 2 aliphatic rings. The van der Waals surface area contributed by atoms with Gasteiger partial charge in [0.25, 0.3) is 0 Å². The van der Waals surface area contributed by atoms with Crippen LogP contribution in [0.3, 0.4) is 0 Å². The van der Waals surface area contributed by atoms with Gasteiger partial charge < -0.3 is 20.2 Å². The first-order chi connectivity index (χ1) is 16.2. The molecule has 5 rings (SSSR count). The van der Waals surface area contributed by atoms with E-state index in [1.54, 1.807) is 17.2 Å². The third-order valence-corrected chi connectivity index (χ3v) is 7.04. The Balaban J connectivity index is 1.44. The molecule has 0 saturated carbocycles.